The summed E-state index contributed by atoms with van der Waals surface area (Å²) in [5, 5.41) is 12.6. The number of carboxylic acids is 1. The van der Waals surface area contributed by atoms with Gasteiger partial charge in [0, 0.05) is 25.7 Å². The fourth-order valence-electron chi connectivity index (χ4n) is 3.73. The largest absolute Gasteiger partial charge is 0.477 e. The third-order valence-electron chi connectivity index (χ3n) is 5.10. The Morgan fingerprint density at radius 2 is 2.13 bits per heavy atom. The van der Waals surface area contributed by atoms with Crippen LogP contribution in [0.3, 0.4) is 0 Å². The fourth-order valence-corrected chi connectivity index (χ4v) is 3.73. The van der Waals surface area contributed by atoms with Crippen LogP contribution in [0.5, 0.6) is 0 Å². The lowest BCUT2D eigenvalue weighted by Crippen LogP contribution is -2.59. The summed E-state index contributed by atoms with van der Waals surface area (Å²) in [6, 6.07) is 0.782. The summed E-state index contributed by atoms with van der Waals surface area (Å²) in [7, 11) is 1.37. The Labute approximate surface area is 169 Å². The predicted molar refractivity (Wildman–Crippen MR) is 105 cm³/mol. The number of hydrogen-bond donors (Lipinski definition) is 2. The van der Waals surface area contributed by atoms with E-state index in [-0.39, 0.29) is 25.0 Å². The first-order valence-corrected chi connectivity index (χ1v) is 9.11. The number of benzene rings is 1. The van der Waals surface area contributed by atoms with Crippen molar-refractivity contribution in [3.05, 3.63) is 39.7 Å². The van der Waals surface area contributed by atoms with Crippen molar-refractivity contribution in [2.75, 3.05) is 31.8 Å². The van der Waals surface area contributed by atoms with Gasteiger partial charge in [0.25, 0.3) is 0 Å². The predicted octanol–water partition coefficient (Wildman–Crippen LogP) is 1.88. The first kappa shape index (κ1) is 21.6. The first-order valence-electron chi connectivity index (χ1n) is 9.11. The standard InChI is InChI=1S/C19H21F3N4O4/c1-19(23)9-26(5-3-13(19)24-30-2)16-12(21)7-10-15(14(16)22)25(6-4-20)8-11(17(10)27)18(28)29/h7-8H,3-6,9,23H2,1-2H3,(H,28,29)/b24-13+. The molecule has 1 saturated heterocycles. The number of rotatable bonds is 5. The van der Waals surface area contributed by atoms with Crippen LogP contribution < -0.4 is 16.1 Å². The van der Waals surface area contributed by atoms with E-state index in [0.29, 0.717) is 5.71 Å². The van der Waals surface area contributed by atoms with Crippen molar-refractivity contribution in [2.24, 2.45) is 10.9 Å². The molecule has 0 saturated carbocycles. The second kappa shape index (κ2) is 7.98. The number of piperidine rings is 1. The molecule has 1 aromatic carbocycles. The van der Waals surface area contributed by atoms with E-state index < -0.39 is 58.4 Å². The Hall–Kier alpha value is -3.08. The number of oxime groups is 1. The normalized spacial score (nSPS) is 20.7. The number of halogens is 3. The van der Waals surface area contributed by atoms with Gasteiger partial charge in [-0.15, -0.1) is 0 Å². The van der Waals surface area contributed by atoms with Gasteiger partial charge in [-0.2, -0.15) is 0 Å². The highest BCUT2D eigenvalue weighted by Gasteiger charge is 2.36. The average Bonchev–Trinajstić information content (AvgIpc) is 2.65. The lowest BCUT2D eigenvalue weighted by molar-refractivity contribution is 0.0694. The third kappa shape index (κ3) is 3.60. The molecule has 11 heteroatoms. The number of anilines is 1. The summed E-state index contributed by atoms with van der Waals surface area (Å²) in [4.78, 5) is 29.9. The molecule has 0 radical (unpaired) electrons. The van der Waals surface area contributed by atoms with E-state index >= 15 is 4.39 Å². The van der Waals surface area contributed by atoms with Crippen LogP contribution in [0, 0.1) is 11.6 Å². The molecule has 2 heterocycles. The van der Waals surface area contributed by atoms with Gasteiger partial charge in [0.15, 0.2) is 5.82 Å². The zero-order valence-electron chi connectivity index (χ0n) is 16.4. The van der Waals surface area contributed by atoms with Crippen LogP contribution in [-0.4, -0.2) is 53.8 Å². The molecule has 8 nitrogen and oxygen atoms in total. The number of aryl methyl sites for hydroxylation is 1. The van der Waals surface area contributed by atoms with Crippen molar-refractivity contribution >= 4 is 28.3 Å². The Kier molecular flexibility index (Phi) is 5.75. The van der Waals surface area contributed by atoms with Crippen LogP contribution in [0.25, 0.3) is 10.9 Å². The van der Waals surface area contributed by atoms with Gasteiger partial charge >= 0.3 is 5.97 Å². The molecule has 0 amide bonds. The zero-order chi connectivity index (χ0) is 22.2. The fraction of sp³-hybridized carbons (Fsp3) is 0.421. The van der Waals surface area contributed by atoms with Gasteiger partial charge in [-0.3, -0.25) is 4.79 Å². The van der Waals surface area contributed by atoms with E-state index in [1.54, 1.807) is 6.92 Å². The van der Waals surface area contributed by atoms with Crippen molar-refractivity contribution in [1.29, 1.82) is 0 Å². The Balaban J connectivity index is 2.22. The minimum absolute atomic E-state index is 0.00902. The molecule has 30 heavy (non-hydrogen) atoms. The Bertz CT molecular complexity index is 1100. The van der Waals surface area contributed by atoms with Gasteiger partial charge in [-0.05, 0) is 13.0 Å². The summed E-state index contributed by atoms with van der Waals surface area (Å²) in [5.41, 5.74) is 3.20. The minimum Gasteiger partial charge on any atom is -0.477 e. The van der Waals surface area contributed by atoms with Crippen molar-refractivity contribution in [2.45, 2.75) is 25.4 Å². The highest BCUT2D eigenvalue weighted by atomic mass is 19.1. The van der Waals surface area contributed by atoms with E-state index in [2.05, 4.69) is 5.16 Å². The maximum Gasteiger partial charge on any atom is 0.341 e. The summed E-state index contributed by atoms with van der Waals surface area (Å²) in [5.74, 6) is -3.70. The van der Waals surface area contributed by atoms with E-state index in [4.69, 9.17) is 10.6 Å². The number of aromatic nitrogens is 1. The van der Waals surface area contributed by atoms with Crippen LogP contribution >= 0.6 is 0 Å². The SMILES string of the molecule is CO/N=C1\CCN(c2c(F)cc3c(=O)c(C(=O)O)cn(CCF)c3c2F)CC1(C)N. The molecule has 1 aliphatic heterocycles. The highest BCUT2D eigenvalue weighted by Crippen LogP contribution is 2.33. The van der Waals surface area contributed by atoms with Gasteiger partial charge in [0.2, 0.25) is 5.43 Å². The van der Waals surface area contributed by atoms with Crippen molar-refractivity contribution in [3.63, 3.8) is 0 Å². The maximum absolute atomic E-state index is 15.5. The Morgan fingerprint density at radius 1 is 1.43 bits per heavy atom. The van der Waals surface area contributed by atoms with Crippen LogP contribution in [0.2, 0.25) is 0 Å². The van der Waals surface area contributed by atoms with Gasteiger partial charge in [0.05, 0.1) is 28.7 Å². The molecule has 3 rings (SSSR count). The molecule has 162 valence electrons. The number of pyridine rings is 1. The van der Waals surface area contributed by atoms with E-state index in [0.717, 1.165) is 16.8 Å². The second-order valence-electron chi connectivity index (χ2n) is 7.29. The lowest BCUT2D eigenvalue weighted by Gasteiger charge is -2.40. The van der Waals surface area contributed by atoms with Gasteiger partial charge < -0.3 is 25.1 Å². The number of alkyl halides is 1. The molecule has 3 N–H and O–H groups in total. The van der Waals surface area contributed by atoms with E-state index in [1.807, 2.05) is 0 Å². The molecular formula is C19H21F3N4O4. The minimum atomic E-state index is -1.57. The molecule has 1 unspecified atom stereocenters. The number of carboxylic acid groups (broad SMARTS) is 1. The van der Waals surface area contributed by atoms with Crippen LogP contribution in [0.1, 0.15) is 23.7 Å². The Morgan fingerprint density at radius 3 is 2.70 bits per heavy atom. The van der Waals surface area contributed by atoms with Crippen LogP contribution in [0.4, 0.5) is 18.9 Å². The molecule has 1 atom stereocenters. The van der Waals surface area contributed by atoms with Crippen molar-refractivity contribution < 1.29 is 27.9 Å². The average molecular weight is 426 g/mol. The van der Waals surface area contributed by atoms with E-state index in [1.165, 1.54) is 12.0 Å². The molecular weight excluding hydrogens is 405 g/mol. The number of nitrogens with two attached hydrogens (primary N) is 1. The lowest BCUT2D eigenvalue weighted by atomic mass is 9.89. The van der Waals surface area contributed by atoms with Crippen molar-refractivity contribution in [1.82, 2.24) is 4.57 Å². The van der Waals surface area contributed by atoms with E-state index in [9.17, 15) is 23.5 Å². The van der Waals surface area contributed by atoms with Crippen molar-refractivity contribution in [3.8, 4) is 0 Å². The molecule has 0 aliphatic carbocycles. The highest BCUT2D eigenvalue weighted by molar-refractivity contribution is 5.96. The molecule has 1 aliphatic rings. The molecule has 2 aromatic rings. The number of carbonyl (C=O) groups is 1. The topological polar surface area (TPSA) is 110 Å². The molecule has 1 aromatic heterocycles. The number of fused-ring (bicyclic) bond motifs is 1. The number of aromatic carboxylic acids is 1. The summed E-state index contributed by atoms with van der Waals surface area (Å²) >= 11 is 0. The summed E-state index contributed by atoms with van der Waals surface area (Å²) in [6.45, 7) is 0.485. The smallest absolute Gasteiger partial charge is 0.341 e. The molecule has 0 bridgehead atoms. The van der Waals surface area contributed by atoms with Gasteiger partial charge in [-0.1, -0.05) is 5.16 Å². The van der Waals surface area contributed by atoms with Gasteiger partial charge in [0.1, 0.15) is 30.9 Å². The maximum atomic E-state index is 15.5. The van der Waals surface area contributed by atoms with Gasteiger partial charge in [-0.25, -0.2) is 18.0 Å². The van der Waals surface area contributed by atoms with Crippen LogP contribution in [-0.2, 0) is 11.4 Å². The third-order valence-corrected chi connectivity index (χ3v) is 5.10. The molecule has 0 spiro atoms. The number of nitrogens with zero attached hydrogens (tertiary/aromatic N) is 3. The molecule has 1 fully saturated rings. The summed E-state index contributed by atoms with van der Waals surface area (Å²) in [6.07, 6.45) is 1.15. The zero-order valence-corrected chi connectivity index (χ0v) is 16.4. The summed E-state index contributed by atoms with van der Waals surface area (Å²) < 4.78 is 44.4. The second-order valence-corrected chi connectivity index (χ2v) is 7.29. The first-order chi connectivity index (χ1) is 14.1. The van der Waals surface area contributed by atoms with Crippen LogP contribution in [0.15, 0.2) is 22.2 Å². The quantitative estimate of drug-likeness (QED) is 0.707. The monoisotopic (exact) mass is 426 g/mol. The number of hydrogen-bond acceptors (Lipinski definition) is 6.